The Kier molecular flexibility index (Phi) is 4.83. The van der Waals surface area contributed by atoms with Crippen molar-refractivity contribution in [3.8, 4) is 0 Å². The Hall–Kier alpha value is -0.990. The molecule has 4 heterocycles. The minimum atomic E-state index is -0.823. The van der Waals surface area contributed by atoms with Crippen molar-refractivity contribution in [2.45, 2.75) is 70.6 Å². The molecule has 4 saturated heterocycles. The van der Waals surface area contributed by atoms with Crippen LogP contribution in [0, 0.1) is 23.7 Å². The van der Waals surface area contributed by atoms with E-state index in [0.717, 1.165) is 35.7 Å². The van der Waals surface area contributed by atoms with Crippen LogP contribution in [0.3, 0.4) is 0 Å². The number of nitrogens with zero attached hydrogens (tertiary/aromatic N) is 1. The minimum absolute atomic E-state index is 0.0794. The highest BCUT2D eigenvalue weighted by Crippen LogP contribution is 2.60. The third kappa shape index (κ3) is 3.00. The summed E-state index contributed by atoms with van der Waals surface area (Å²) in [5.74, 6) is 0.0348. The third-order valence-corrected chi connectivity index (χ3v) is 8.16. The first-order chi connectivity index (χ1) is 13.8. The first-order valence-electron chi connectivity index (χ1n) is 10.7. The fourth-order valence-corrected chi connectivity index (χ4v) is 6.26. The van der Waals surface area contributed by atoms with Crippen LogP contribution in [-0.4, -0.2) is 28.5 Å². The van der Waals surface area contributed by atoms with Gasteiger partial charge in [-0.2, -0.15) is 0 Å². The molecule has 1 amide bonds. The van der Waals surface area contributed by atoms with Gasteiger partial charge in [0.2, 0.25) is 11.7 Å². The molecular formula is C22H29BrN2O4. The van der Waals surface area contributed by atoms with Crippen molar-refractivity contribution in [1.82, 2.24) is 10.4 Å². The summed E-state index contributed by atoms with van der Waals surface area (Å²) in [4.78, 5) is 25.5. The second kappa shape index (κ2) is 7.02. The van der Waals surface area contributed by atoms with Crippen LogP contribution in [0.1, 0.15) is 52.0 Å². The third-order valence-electron chi connectivity index (χ3n) is 7.63. The molecule has 1 aromatic carbocycles. The van der Waals surface area contributed by atoms with Crippen LogP contribution < -0.4 is 5.43 Å². The standard InChI is InChI=1S/C22H29BrN2O4/c1-13-4-9-18-14(2)19(26)25(24-12-15-5-7-16(23)8-6-15)20-22(18)17(13)10-11-21(3,27-20)28-29-22/h5-8,13-14,17-18,20,24H,4,9-12H2,1-3H3/t13-,14-,17+,18+,20-,21-,22-/m1/s1. The SMILES string of the molecule is C[C@@H]1CC[C@H]2[C@@H](C)C(=O)N(NCc3ccc(Br)cc3)[C@@H]3O[C@@]4(C)CC[C@@H]1[C@@]23OO4. The highest BCUT2D eigenvalue weighted by atomic mass is 79.9. The van der Waals surface area contributed by atoms with Gasteiger partial charge in [-0.3, -0.25) is 4.79 Å². The lowest BCUT2D eigenvalue weighted by atomic mass is 9.57. The zero-order valence-corrected chi connectivity index (χ0v) is 18.8. The van der Waals surface area contributed by atoms with Crippen LogP contribution in [0.2, 0.25) is 0 Å². The Balaban J connectivity index is 1.51. The quantitative estimate of drug-likeness (QED) is 0.680. The van der Waals surface area contributed by atoms with E-state index in [1.807, 2.05) is 38.1 Å². The van der Waals surface area contributed by atoms with Crippen molar-refractivity contribution < 1.29 is 19.3 Å². The second-order valence-electron chi connectivity index (χ2n) is 9.39. The second-order valence-corrected chi connectivity index (χ2v) is 10.3. The minimum Gasteiger partial charge on any atom is -0.319 e. The molecule has 1 spiro atoms. The summed E-state index contributed by atoms with van der Waals surface area (Å²) in [6, 6.07) is 8.10. The number of ether oxygens (including phenoxy) is 1. The molecule has 1 aromatic rings. The van der Waals surface area contributed by atoms with Gasteiger partial charge >= 0.3 is 0 Å². The van der Waals surface area contributed by atoms with Gasteiger partial charge in [0.15, 0.2) is 11.8 Å². The van der Waals surface area contributed by atoms with Crippen LogP contribution in [0.4, 0.5) is 0 Å². The summed E-state index contributed by atoms with van der Waals surface area (Å²) in [6.45, 7) is 6.80. The molecule has 158 valence electrons. The molecule has 1 saturated carbocycles. The van der Waals surface area contributed by atoms with Gasteiger partial charge in [0, 0.05) is 29.3 Å². The van der Waals surface area contributed by atoms with E-state index in [9.17, 15) is 4.79 Å². The molecule has 5 fully saturated rings. The number of nitrogens with one attached hydrogen (secondary N) is 1. The normalized spacial score (nSPS) is 43.8. The van der Waals surface area contributed by atoms with E-state index in [2.05, 4.69) is 28.3 Å². The van der Waals surface area contributed by atoms with E-state index < -0.39 is 17.6 Å². The molecule has 29 heavy (non-hydrogen) atoms. The lowest BCUT2D eigenvalue weighted by Gasteiger charge is -2.61. The molecule has 6 nitrogen and oxygen atoms in total. The topological polar surface area (TPSA) is 60.0 Å². The van der Waals surface area contributed by atoms with E-state index in [-0.39, 0.29) is 17.7 Å². The number of halogens is 1. The fourth-order valence-electron chi connectivity index (χ4n) is 6.00. The van der Waals surface area contributed by atoms with Crippen LogP contribution >= 0.6 is 15.9 Å². The number of carbonyl (C=O) groups excluding carboxylic acids is 1. The van der Waals surface area contributed by atoms with Crippen molar-refractivity contribution in [1.29, 1.82) is 0 Å². The van der Waals surface area contributed by atoms with Gasteiger partial charge in [0.25, 0.3) is 0 Å². The van der Waals surface area contributed by atoms with Gasteiger partial charge in [-0.05, 0) is 55.7 Å². The van der Waals surface area contributed by atoms with Gasteiger partial charge in [-0.15, -0.1) is 0 Å². The van der Waals surface area contributed by atoms with E-state index >= 15 is 0 Å². The number of benzene rings is 1. The number of hydrazine groups is 1. The highest BCUT2D eigenvalue weighted by molar-refractivity contribution is 9.10. The maximum absolute atomic E-state index is 13.4. The maximum atomic E-state index is 13.4. The summed E-state index contributed by atoms with van der Waals surface area (Å²) < 4.78 is 7.54. The summed E-state index contributed by atoms with van der Waals surface area (Å²) in [6.07, 6.45) is 3.36. The van der Waals surface area contributed by atoms with Crippen molar-refractivity contribution in [2.24, 2.45) is 23.7 Å². The number of hydrogen-bond donors (Lipinski definition) is 1. The van der Waals surface area contributed by atoms with Crippen molar-refractivity contribution >= 4 is 21.8 Å². The van der Waals surface area contributed by atoms with Crippen LogP contribution in [0.15, 0.2) is 28.7 Å². The molecule has 0 unspecified atom stereocenters. The smallest absolute Gasteiger partial charge is 0.242 e. The summed E-state index contributed by atoms with van der Waals surface area (Å²) in [5.41, 5.74) is 3.86. The van der Waals surface area contributed by atoms with E-state index in [0.29, 0.717) is 18.4 Å². The van der Waals surface area contributed by atoms with Crippen molar-refractivity contribution in [3.05, 3.63) is 34.3 Å². The first kappa shape index (κ1) is 19.9. The molecular weight excluding hydrogens is 436 g/mol. The molecule has 4 aliphatic heterocycles. The molecule has 0 aromatic heterocycles. The Morgan fingerprint density at radius 2 is 1.90 bits per heavy atom. The lowest BCUT2D eigenvalue weighted by molar-refractivity contribution is -0.549. The number of carbonyl (C=O) groups is 1. The Morgan fingerprint density at radius 1 is 1.14 bits per heavy atom. The average Bonchev–Trinajstić information content (AvgIpc) is 2.94. The molecule has 7 heteroatoms. The highest BCUT2D eigenvalue weighted by Gasteiger charge is 2.70. The van der Waals surface area contributed by atoms with Crippen LogP contribution in [0.5, 0.6) is 0 Å². The Bertz CT molecular complexity index is 805. The zero-order valence-electron chi connectivity index (χ0n) is 17.2. The van der Waals surface area contributed by atoms with Crippen molar-refractivity contribution in [2.75, 3.05) is 0 Å². The van der Waals surface area contributed by atoms with Gasteiger partial charge in [-0.25, -0.2) is 20.2 Å². The van der Waals surface area contributed by atoms with Crippen LogP contribution in [-0.2, 0) is 25.9 Å². The molecule has 5 aliphatic rings. The van der Waals surface area contributed by atoms with Gasteiger partial charge < -0.3 is 4.74 Å². The zero-order chi connectivity index (χ0) is 20.4. The molecule has 1 aliphatic carbocycles. The molecule has 2 bridgehead atoms. The average molecular weight is 465 g/mol. The van der Waals surface area contributed by atoms with Gasteiger partial charge in [0.05, 0.1) is 0 Å². The van der Waals surface area contributed by atoms with E-state index in [1.54, 1.807) is 5.01 Å². The summed E-state index contributed by atoms with van der Waals surface area (Å²) in [7, 11) is 0. The largest absolute Gasteiger partial charge is 0.319 e. The maximum Gasteiger partial charge on any atom is 0.242 e. The lowest BCUT2D eigenvalue weighted by Crippen LogP contribution is -2.76. The number of hydrogen-bond acceptors (Lipinski definition) is 5. The van der Waals surface area contributed by atoms with Gasteiger partial charge in [-0.1, -0.05) is 41.9 Å². The first-order valence-corrected chi connectivity index (χ1v) is 11.5. The molecule has 6 rings (SSSR count). The number of fused-ring (bicyclic) bond motifs is 2. The predicted molar refractivity (Wildman–Crippen MR) is 110 cm³/mol. The van der Waals surface area contributed by atoms with E-state index in [4.69, 9.17) is 14.5 Å². The molecule has 0 radical (unpaired) electrons. The van der Waals surface area contributed by atoms with Crippen LogP contribution in [0.25, 0.3) is 0 Å². The number of piperidine rings is 1. The number of rotatable bonds is 3. The fraction of sp³-hybridized carbons (Fsp3) is 0.682. The van der Waals surface area contributed by atoms with Gasteiger partial charge in [0.1, 0.15) is 0 Å². The summed E-state index contributed by atoms with van der Waals surface area (Å²) in [5, 5.41) is 1.71. The molecule has 1 N–H and O–H groups in total. The number of amides is 1. The van der Waals surface area contributed by atoms with Crippen molar-refractivity contribution in [3.63, 3.8) is 0 Å². The summed E-state index contributed by atoms with van der Waals surface area (Å²) >= 11 is 3.47. The Morgan fingerprint density at radius 3 is 2.66 bits per heavy atom. The Labute approximate surface area is 180 Å². The monoisotopic (exact) mass is 464 g/mol. The molecule has 7 atom stereocenters. The predicted octanol–water partition coefficient (Wildman–Crippen LogP) is 4.15. The van der Waals surface area contributed by atoms with E-state index in [1.165, 1.54) is 0 Å².